The minimum Gasteiger partial charge on any atom is -0.368 e. The molecule has 0 unspecified atom stereocenters. The zero-order chi connectivity index (χ0) is 17.5. The van der Waals surface area contributed by atoms with Crippen LogP contribution < -0.4 is 0 Å². The van der Waals surface area contributed by atoms with Crippen molar-refractivity contribution in [1.82, 2.24) is 15.1 Å². The van der Waals surface area contributed by atoms with Gasteiger partial charge in [-0.15, -0.1) is 0 Å². The number of ether oxygens (including phenoxy) is 1. The van der Waals surface area contributed by atoms with Gasteiger partial charge in [0.1, 0.15) is 6.10 Å². The number of benzene rings is 1. The van der Waals surface area contributed by atoms with Gasteiger partial charge in [0, 0.05) is 31.5 Å². The van der Waals surface area contributed by atoms with Crippen molar-refractivity contribution in [3.05, 3.63) is 42.1 Å². The van der Waals surface area contributed by atoms with Gasteiger partial charge in [0.2, 0.25) is 0 Å². The highest BCUT2D eigenvalue weighted by Gasteiger charge is 2.25. The van der Waals surface area contributed by atoms with E-state index in [9.17, 15) is 4.79 Å². The molecule has 1 aliphatic heterocycles. The fourth-order valence-electron chi connectivity index (χ4n) is 3.22. The van der Waals surface area contributed by atoms with Gasteiger partial charge >= 0.3 is 0 Å². The molecule has 2 heterocycles. The summed E-state index contributed by atoms with van der Waals surface area (Å²) in [5.74, 6) is 0.138. The van der Waals surface area contributed by atoms with E-state index in [0.717, 1.165) is 62.9 Å². The lowest BCUT2D eigenvalue weighted by Gasteiger charge is -2.20. The Morgan fingerprint density at radius 3 is 2.88 bits per heavy atom. The van der Waals surface area contributed by atoms with E-state index in [2.05, 4.69) is 28.4 Å². The second-order valence-corrected chi connectivity index (χ2v) is 6.72. The number of aromatic nitrogens is 2. The third kappa shape index (κ3) is 4.92. The van der Waals surface area contributed by atoms with Gasteiger partial charge in [0.15, 0.2) is 0 Å². The standard InChI is InChI=1S/C20H27N3O2/c1-23(20(24)19-12-8-14-25-19)13-7-3-6-11-17-15-18(22-21-17)16-9-4-2-5-10-16/h2,4-5,9-10,15,19H,3,6-8,11-14H2,1H3,(H,21,22)/t19-/m0/s1. The summed E-state index contributed by atoms with van der Waals surface area (Å²) in [7, 11) is 1.88. The molecule has 1 aromatic carbocycles. The SMILES string of the molecule is CN(CCCCCc1cc(-c2ccccc2)n[nH]1)C(=O)[C@@H]1CCCO1. The van der Waals surface area contributed by atoms with Crippen molar-refractivity contribution in [2.24, 2.45) is 0 Å². The number of nitrogens with one attached hydrogen (secondary N) is 1. The van der Waals surface area contributed by atoms with Crippen LogP contribution in [0.5, 0.6) is 0 Å². The Labute approximate surface area is 149 Å². The molecule has 0 radical (unpaired) electrons. The summed E-state index contributed by atoms with van der Waals surface area (Å²) in [6, 6.07) is 12.3. The van der Waals surface area contributed by atoms with E-state index in [1.807, 2.05) is 30.1 Å². The highest BCUT2D eigenvalue weighted by molar-refractivity contribution is 5.80. The van der Waals surface area contributed by atoms with Crippen LogP contribution in [0.4, 0.5) is 0 Å². The van der Waals surface area contributed by atoms with Crippen molar-refractivity contribution in [3.8, 4) is 11.3 Å². The Bertz CT molecular complexity index is 663. The molecule has 3 rings (SSSR count). The summed E-state index contributed by atoms with van der Waals surface area (Å²) >= 11 is 0. The predicted molar refractivity (Wildman–Crippen MR) is 98.2 cm³/mol. The van der Waals surface area contributed by atoms with Gasteiger partial charge in [-0.1, -0.05) is 36.8 Å². The molecule has 25 heavy (non-hydrogen) atoms. The molecule has 1 saturated heterocycles. The van der Waals surface area contributed by atoms with Crippen LogP contribution in [0.15, 0.2) is 36.4 Å². The molecule has 2 aromatic rings. The lowest BCUT2D eigenvalue weighted by atomic mass is 10.1. The Morgan fingerprint density at radius 1 is 1.28 bits per heavy atom. The van der Waals surface area contributed by atoms with Crippen LogP contribution >= 0.6 is 0 Å². The van der Waals surface area contributed by atoms with Crippen LogP contribution in [0.25, 0.3) is 11.3 Å². The molecule has 5 nitrogen and oxygen atoms in total. The molecule has 1 aromatic heterocycles. The molecule has 1 fully saturated rings. The number of carbonyl (C=O) groups is 1. The quantitative estimate of drug-likeness (QED) is 0.749. The number of aryl methyl sites for hydroxylation is 1. The number of carbonyl (C=O) groups excluding carboxylic acids is 1. The molecule has 1 aliphatic rings. The Hall–Kier alpha value is -2.14. The first kappa shape index (κ1) is 17.7. The van der Waals surface area contributed by atoms with Crippen molar-refractivity contribution in [1.29, 1.82) is 0 Å². The lowest BCUT2D eigenvalue weighted by Crippen LogP contribution is -2.36. The van der Waals surface area contributed by atoms with E-state index in [4.69, 9.17) is 4.74 Å². The number of hydrogen-bond acceptors (Lipinski definition) is 3. The fraction of sp³-hybridized carbons (Fsp3) is 0.500. The van der Waals surface area contributed by atoms with Gasteiger partial charge in [-0.3, -0.25) is 9.89 Å². The molecule has 5 heteroatoms. The van der Waals surface area contributed by atoms with Crippen LogP contribution in [0.2, 0.25) is 0 Å². The summed E-state index contributed by atoms with van der Waals surface area (Å²) in [6.07, 6.45) is 5.87. The van der Waals surface area contributed by atoms with E-state index in [1.54, 1.807) is 0 Å². The van der Waals surface area contributed by atoms with Gasteiger partial charge in [0.05, 0.1) is 5.69 Å². The predicted octanol–water partition coefficient (Wildman–Crippen LogP) is 3.43. The van der Waals surface area contributed by atoms with E-state index < -0.39 is 0 Å². The summed E-state index contributed by atoms with van der Waals surface area (Å²) < 4.78 is 5.46. The minimum atomic E-state index is -0.202. The number of nitrogens with zero attached hydrogens (tertiary/aromatic N) is 2. The maximum Gasteiger partial charge on any atom is 0.251 e. The van der Waals surface area contributed by atoms with Gasteiger partial charge in [0.25, 0.3) is 5.91 Å². The molecular formula is C20H27N3O2. The van der Waals surface area contributed by atoms with E-state index in [0.29, 0.717) is 0 Å². The number of H-pyrrole nitrogens is 1. The topological polar surface area (TPSA) is 58.2 Å². The number of hydrogen-bond donors (Lipinski definition) is 1. The van der Waals surface area contributed by atoms with E-state index in [1.165, 1.54) is 5.69 Å². The molecule has 134 valence electrons. The van der Waals surface area contributed by atoms with Crippen LogP contribution in [-0.2, 0) is 16.0 Å². The summed E-state index contributed by atoms with van der Waals surface area (Å²) in [6.45, 7) is 1.52. The first-order chi connectivity index (χ1) is 12.2. The zero-order valence-electron chi connectivity index (χ0n) is 14.9. The first-order valence-corrected chi connectivity index (χ1v) is 9.20. The molecule has 1 atom stereocenters. The number of likely N-dealkylation sites (N-methyl/N-ethyl adjacent to an activating group) is 1. The van der Waals surface area contributed by atoms with E-state index in [-0.39, 0.29) is 12.0 Å². The second-order valence-electron chi connectivity index (χ2n) is 6.72. The van der Waals surface area contributed by atoms with Gasteiger partial charge in [-0.25, -0.2) is 0 Å². The van der Waals surface area contributed by atoms with Crippen molar-refractivity contribution in [3.63, 3.8) is 0 Å². The average Bonchev–Trinajstić information content (AvgIpc) is 3.33. The number of aromatic amines is 1. The molecule has 1 amide bonds. The largest absolute Gasteiger partial charge is 0.368 e. The van der Waals surface area contributed by atoms with E-state index >= 15 is 0 Å². The van der Waals surface area contributed by atoms with Crippen LogP contribution in [0, 0.1) is 0 Å². The van der Waals surface area contributed by atoms with Crippen LogP contribution in [0.3, 0.4) is 0 Å². The molecule has 0 spiro atoms. The maximum atomic E-state index is 12.2. The molecule has 0 saturated carbocycles. The van der Waals surface area contributed by atoms with Crippen LogP contribution in [0.1, 0.15) is 37.8 Å². The Balaban J connectivity index is 1.35. The van der Waals surface area contributed by atoms with Crippen molar-refractivity contribution < 1.29 is 9.53 Å². The fourth-order valence-corrected chi connectivity index (χ4v) is 3.22. The van der Waals surface area contributed by atoms with Gasteiger partial charge < -0.3 is 9.64 Å². The molecule has 0 bridgehead atoms. The molecule has 1 N–H and O–H groups in total. The average molecular weight is 341 g/mol. The Morgan fingerprint density at radius 2 is 2.12 bits per heavy atom. The summed E-state index contributed by atoms with van der Waals surface area (Å²) in [5.41, 5.74) is 3.31. The normalized spacial score (nSPS) is 16.9. The number of amides is 1. The van der Waals surface area contributed by atoms with Crippen molar-refractivity contribution in [2.45, 2.75) is 44.6 Å². The minimum absolute atomic E-state index is 0.138. The highest BCUT2D eigenvalue weighted by Crippen LogP contribution is 2.18. The lowest BCUT2D eigenvalue weighted by molar-refractivity contribution is -0.139. The zero-order valence-corrected chi connectivity index (χ0v) is 14.9. The Kier molecular flexibility index (Phi) is 6.23. The van der Waals surface area contributed by atoms with Gasteiger partial charge in [-0.2, -0.15) is 5.10 Å². The van der Waals surface area contributed by atoms with Crippen LogP contribution in [-0.4, -0.2) is 47.3 Å². The number of unbranched alkanes of at least 4 members (excludes halogenated alkanes) is 2. The monoisotopic (exact) mass is 341 g/mol. The third-order valence-electron chi connectivity index (χ3n) is 4.72. The molecule has 0 aliphatic carbocycles. The van der Waals surface area contributed by atoms with Gasteiger partial charge in [-0.05, 0) is 38.2 Å². The maximum absolute atomic E-state index is 12.2. The highest BCUT2D eigenvalue weighted by atomic mass is 16.5. The third-order valence-corrected chi connectivity index (χ3v) is 4.72. The smallest absolute Gasteiger partial charge is 0.251 e. The van der Waals surface area contributed by atoms with Crippen molar-refractivity contribution in [2.75, 3.05) is 20.2 Å². The molecular weight excluding hydrogens is 314 g/mol. The summed E-state index contributed by atoms with van der Waals surface area (Å²) in [5, 5.41) is 7.52. The first-order valence-electron chi connectivity index (χ1n) is 9.20. The van der Waals surface area contributed by atoms with Crippen molar-refractivity contribution >= 4 is 5.91 Å². The summed E-state index contributed by atoms with van der Waals surface area (Å²) in [4.78, 5) is 14.0. The number of rotatable bonds is 8. The second kappa shape index (κ2) is 8.81.